The zero-order valence-electron chi connectivity index (χ0n) is 19.9. The van der Waals surface area contributed by atoms with E-state index in [1.165, 1.54) is 5.56 Å². The lowest BCUT2D eigenvalue weighted by Crippen LogP contribution is -2.34. The largest absolute Gasteiger partial charge is 0.493 e. The van der Waals surface area contributed by atoms with Gasteiger partial charge in [-0.1, -0.05) is 26.0 Å². The second-order valence-electron chi connectivity index (χ2n) is 8.38. The molecule has 0 unspecified atom stereocenters. The summed E-state index contributed by atoms with van der Waals surface area (Å²) in [5.74, 6) is 0.823. The Balaban J connectivity index is 1.48. The monoisotopic (exact) mass is 551 g/mol. The number of rotatable bonds is 6. The molecule has 0 radical (unpaired) electrons. The van der Waals surface area contributed by atoms with Gasteiger partial charge in [0.15, 0.2) is 5.11 Å². The zero-order valence-corrected chi connectivity index (χ0v) is 22.3. The molecule has 1 aromatic heterocycles. The number of carbonyl (C=O) groups is 1. The lowest BCUT2D eigenvalue weighted by Gasteiger charge is -2.12. The predicted octanol–water partition coefficient (Wildman–Crippen LogP) is 6.14. The first-order valence-corrected chi connectivity index (χ1v) is 12.5. The highest BCUT2D eigenvalue weighted by atomic mass is 79.9. The fraction of sp³-hybridized carbons (Fsp3) is 0.231. The molecule has 0 saturated heterocycles. The number of aromatic nitrogens is 3. The molecule has 0 spiro atoms. The van der Waals surface area contributed by atoms with Crippen LogP contribution in [0, 0.1) is 6.92 Å². The number of ether oxygens (including phenoxy) is 1. The highest BCUT2D eigenvalue weighted by Gasteiger charge is 2.13. The van der Waals surface area contributed by atoms with Gasteiger partial charge < -0.3 is 10.1 Å². The number of thiocarbonyl (C=S) groups is 1. The number of benzene rings is 3. The van der Waals surface area contributed by atoms with Gasteiger partial charge in [-0.2, -0.15) is 4.80 Å². The molecule has 0 bridgehead atoms. The van der Waals surface area contributed by atoms with E-state index in [0.29, 0.717) is 28.3 Å². The zero-order chi connectivity index (χ0) is 25.1. The van der Waals surface area contributed by atoms with Gasteiger partial charge in [0.2, 0.25) is 0 Å². The van der Waals surface area contributed by atoms with E-state index < -0.39 is 0 Å². The highest BCUT2D eigenvalue weighted by Crippen LogP contribution is 2.26. The van der Waals surface area contributed by atoms with Crippen molar-refractivity contribution in [1.82, 2.24) is 20.3 Å². The van der Waals surface area contributed by atoms with E-state index in [4.69, 9.17) is 17.0 Å². The smallest absolute Gasteiger partial charge is 0.257 e. The van der Waals surface area contributed by atoms with Gasteiger partial charge in [0.25, 0.3) is 5.91 Å². The van der Waals surface area contributed by atoms with Gasteiger partial charge in [0.05, 0.1) is 16.8 Å². The standard InChI is InChI=1S/C26H26BrN5O2S/c1-5-34-24-11-8-18(13-20(24)27)25(33)29-26(35)28-21-14-23-22(12-16(21)4)30-32(31-23)19-9-6-17(7-10-19)15(2)3/h6-15H,5H2,1-4H3,(H2,28,29,33,35). The van der Waals surface area contributed by atoms with E-state index in [1.807, 2.05) is 38.1 Å². The molecule has 2 N–H and O–H groups in total. The van der Waals surface area contributed by atoms with Gasteiger partial charge in [-0.3, -0.25) is 10.1 Å². The number of carbonyl (C=O) groups excluding carboxylic acids is 1. The van der Waals surface area contributed by atoms with Crippen LogP contribution in [0.15, 0.2) is 59.1 Å². The van der Waals surface area contributed by atoms with Crippen LogP contribution in [0.4, 0.5) is 5.69 Å². The number of hydrogen-bond donors (Lipinski definition) is 2. The van der Waals surface area contributed by atoms with Crippen LogP contribution in [0.5, 0.6) is 5.75 Å². The van der Waals surface area contributed by atoms with Gasteiger partial charge in [-0.25, -0.2) is 0 Å². The van der Waals surface area contributed by atoms with Crippen LogP contribution in [0.1, 0.15) is 48.2 Å². The van der Waals surface area contributed by atoms with Gasteiger partial charge in [-0.05, 0) is 102 Å². The Morgan fingerprint density at radius 3 is 2.40 bits per heavy atom. The maximum Gasteiger partial charge on any atom is 0.257 e. The van der Waals surface area contributed by atoms with E-state index in [1.54, 1.807) is 23.0 Å². The minimum atomic E-state index is -0.319. The third kappa shape index (κ3) is 5.68. The van der Waals surface area contributed by atoms with Crippen molar-refractivity contribution >= 4 is 55.9 Å². The molecule has 4 rings (SSSR count). The van der Waals surface area contributed by atoms with Crippen molar-refractivity contribution in [2.45, 2.75) is 33.6 Å². The SMILES string of the molecule is CCOc1ccc(C(=O)NC(=S)Nc2cc3nn(-c4ccc(C(C)C)cc4)nc3cc2C)cc1Br. The van der Waals surface area contributed by atoms with Crippen molar-refractivity contribution in [1.29, 1.82) is 0 Å². The van der Waals surface area contributed by atoms with Crippen LogP contribution in [0.25, 0.3) is 16.7 Å². The van der Waals surface area contributed by atoms with Crippen molar-refractivity contribution in [3.8, 4) is 11.4 Å². The summed E-state index contributed by atoms with van der Waals surface area (Å²) >= 11 is 8.82. The molecule has 0 saturated carbocycles. The van der Waals surface area contributed by atoms with Crippen LogP contribution in [0.3, 0.4) is 0 Å². The molecule has 4 aromatic rings. The molecule has 1 heterocycles. The molecule has 0 aliphatic carbocycles. The summed E-state index contributed by atoms with van der Waals surface area (Å²) in [5.41, 5.74) is 5.79. The van der Waals surface area contributed by atoms with Crippen molar-refractivity contribution in [3.63, 3.8) is 0 Å². The lowest BCUT2D eigenvalue weighted by atomic mass is 10.0. The molecule has 7 nitrogen and oxygen atoms in total. The number of nitrogens with one attached hydrogen (secondary N) is 2. The number of halogens is 1. The molecular weight excluding hydrogens is 526 g/mol. The Kier molecular flexibility index (Phi) is 7.47. The van der Waals surface area contributed by atoms with Crippen molar-refractivity contribution < 1.29 is 9.53 Å². The highest BCUT2D eigenvalue weighted by molar-refractivity contribution is 9.10. The van der Waals surface area contributed by atoms with E-state index >= 15 is 0 Å². The number of nitrogens with zero attached hydrogens (tertiary/aromatic N) is 3. The molecule has 0 fully saturated rings. The molecule has 0 aliphatic rings. The Labute approximate surface area is 218 Å². The maximum atomic E-state index is 12.7. The Morgan fingerprint density at radius 2 is 1.77 bits per heavy atom. The second kappa shape index (κ2) is 10.5. The number of anilines is 1. The van der Waals surface area contributed by atoms with E-state index in [0.717, 1.165) is 28.0 Å². The van der Waals surface area contributed by atoms with Gasteiger partial charge in [0, 0.05) is 11.3 Å². The molecule has 35 heavy (non-hydrogen) atoms. The first kappa shape index (κ1) is 24.8. The number of fused-ring (bicyclic) bond motifs is 1. The fourth-order valence-electron chi connectivity index (χ4n) is 3.55. The van der Waals surface area contributed by atoms with Gasteiger partial charge >= 0.3 is 0 Å². The predicted molar refractivity (Wildman–Crippen MR) is 147 cm³/mol. The van der Waals surface area contributed by atoms with Crippen LogP contribution in [-0.4, -0.2) is 32.6 Å². The van der Waals surface area contributed by atoms with Crippen LogP contribution < -0.4 is 15.4 Å². The van der Waals surface area contributed by atoms with Crippen LogP contribution in [-0.2, 0) is 0 Å². The third-order valence-corrected chi connectivity index (χ3v) is 6.31. The summed E-state index contributed by atoms with van der Waals surface area (Å²) in [6.07, 6.45) is 0. The van der Waals surface area contributed by atoms with Gasteiger partial charge in [0.1, 0.15) is 16.8 Å². The maximum absolute atomic E-state index is 12.7. The van der Waals surface area contributed by atoms with E-state index in [2.05, 4.69) is 62.7 Å². The molecule has 9 heteroatoms. The molecular formula is C26H26BrN5O2S. The molecule has 180 valence electrons. The Bertz CT molecular complexity index is 1400. The second-order valence-corrected chi connectivity index (χ2v) is 9.64. The van der Waals surface area contributed by atoms with Gasteiger partial charge in [-0.15, -0.1) is 10.2 Å². The topological polar surface area (TPSA) is 81.1 Å². The lowest BCUT2D eigenvalue weighted by molar-refractivity contribution is 0.0977. The first-order chi connectivity index (χ1) is 16.7. The minimum absolute atomic E-state index is 0.194. The van der Waals surface area contributed by atoms with Crippen molar-refractivity contribution in [2.24, 2.45) is 0 Å². The minimum Gasteiger partial charge on any atom is -0.493 e. The molecule has 0 aliphatic heterocycles. The average Bonchev–Trinajstić information content (AvgIpc) is 3.23. The van der Waals surface area contributed by atoms with Crippen LogP contribution >= 0.6 is 28.1 Å². The van der Waals surface area contributed by atoms with Crippen LogP contribution in [0.2, 0.25) is 0 Å². The van der Waals surface area contributed by atoms with Crippen molar-refractivity contribution in [2.75, 3.05) is 11.9 Å². The summed E-state index contributed by atoms with van der Waals surface area (Å²) in [7, 11) is 0. The number of amides is 1. The van der Waals surface area contributed by atoms with Crippen molar-refractivity contribution in [3.05, 3.63) is 75.8 Å². The first-order valence-electron chi connectivity index (χ1n) is 11.3. The number of hydrogen-bond acceptors (Lipinski definition) is 5. The number of aryl methyl sites for hydroxylation is 1. The Morgan fingerprint density at radius 1 is 1.09 bits per heavy atom. The summed E-state index contributed by atoms with van der Waals surface area (Å²) in [6, 6.07) is 17.2. The molecule has 3 aromatic carbocycles. The average molecular weight is 552 g/mol. The molecule has 0 atom stereocenters. The normalized spacial score (nSPS) is 11.0. The summed E-state index contributed by atoms with van der Waals surface area (Å²) in [6.45, 7) is 8.72. The Hall–Kier alpha value is -3.30. The molecule has 1 amide bonds. The van der Waals surface area contributed by atoms with E-state index in [-0.39, 0.29) is 11.0 Å². The summed E-state index contributed by atoms with van der Waals surface area (Å²) < 4.78 is 6.20. The quantitative estimate of drug-likeness (QED) is 0.280. The van der Waals surface area contributed by atoms with E-state index in [9.17, 15) is 4.79 Å². The third-order valence-electron chi connectivity index (χ3n) is 5.49. The summed E-state index contributed by atoms with van der Waals surface area (Å²) in [4.78, 5) is 14.3. The fourth-order valence-corrected chi connectivity index (χ4v) is 4.25. The summed E-state index contributed by atoms with van der Waals surface area (Å²) in [5, 5.41) is 15.3.